The summed E-state index contributed by atoms with van der Waals surface area (Å²) in [6.07, 6.45) is 3.90. The van der Waals surface area contributed by atoms with Gasteiger partial charge in [-0.2, -0.15) is 0 Å². The first kappa shape index (κ1) is 10.9. The van der Waals surface area contributed by atoms with Gasteiger partial charge in [-0.05, 0) is 6.07 Å². The topological polar surface area (TPSA) is 80.4 Å². The zero-order chi connectivity index (χ0) is 11.3. The minimum atomic E-state index is -0.545. The van der Waals surface area contributed by atoms with E-state index in [1.54, 1.807) is 0 Å². The summed E-state index contributed by atoms with van der Waals surface area (Å²) < 4.78 is 0. The normalized spacial score (nSPS) is 10.4. The van der Waals surface area contributed by atoms with E-state index in [1.165, 1.54) is 30.4 Å². The van der Waals surface area contributed by atoms with E-state index < -0.39 is 4.92 Å². The van der Waals surface area contributed by atoms with E-state index >= 15 is 0 Å². The van der Waals surface area contributed by atoms with Crippen LogP contribution >= 0.6 is 0 Å². The summed E-state index contributed by atoms with van der Waals surface area (Å²) >= 11 is 0. The predicted octanol–water partition coefficient (Wildman–Crippen LogP) is 1.90. The molecule has 0 bridgehead atoms. The Morgan fingerprint density at radius 3 is 2.80 bits per heavy atom. The number of benzene rings is 1. The van der Waals surface area contributed by atoms with Crippen LogP contribution in [-0.4, -0.2) is 16.3 Å². The third kappa shape index (κ3) is 2.91. The van der Waals surface area contributed by atoms with E-state index in [4.69, 9.17) is 0 Å². The van der Waals surface area contributed by atoms with Gasteiger partial charge >= 0.3 is 0 Å². The number of allylic oxidation sites excluding steroid dienone is 1. The van der Waals surface area contributed by atoms with Crippen molar-refractivity contribution in [2.24, 2.45) is 0 Å². The highest BCUT2D eigenvalue weighted by molar-refractivity contribution is 5.63. The molecule has 1 rings (SSSR count). The molecule has 0 saturated heterocycles. The second-order valence-corrected chi connectivity index (χ2v) is 2.80. The molecule has 1 aromatic rings. The number of non-ortho nitro benzene ring substituents is 1. The molecule has 1 aromatic carbocycles. The first-order valence-corrected chi connectivity index (χ1v) is 4.22. The van der Waals surface area contributed by atoms with E-state index in [-0.39, 0.29) is 17.9 Å². The lowest BCUT2D eigenvalue weighted by molar-refractivity contribution is -0.384. The maximum absolute atomic E-state index is 10.4. The molecule has 5 nitrogen and oxygen atoms in total. The van der Waals surface area contributed by atoms with Gasteiger partial charge in [0.2, 0.25) is 0 Å². The van der Waals surface area contributed by atoms with Crippen molar-refractivity contribution in [2.75, 3.05) is 0 Å². The third-order valence-electron chi connectivity index (χ3n) is 1.75. The number of phenols is 1. The van der Waals surface area contributed by atoms with Gasteiger partial charge in [0.25, 0.3) is 5.69 Å². The standard InChI is InChI=1S/C10H9NO4/c12-6-2-1-3-8-7-9(11(14)15)4-5-10(8)13/h1,3-7,13H,2H2. The highest BCUT2D eigenvalue weighted by Crippen LogP contribution is 2.23. The van der Waals surface area contributed by atoms with Crippen molar-refractivity contribution in [3.05, 3.63) is 40.0 Å². The third-order valence-corrected chi connectivity index (χ3v) is 1.75. The number of phenolic OH excluding ortho intramolecular Hbond substituents is 1. The van der Waals surface area contributed by atoms with Gasteiger partial charge < -0.3 is 9.90 Å². The summed E-state index contributed by atoms with van der Waals surface area (Å²) in [7, 11) is 0. The fraction of sp³-hybridized carbons (Fsp3) is 0.100. The maximum Gasteiger partial charge on any atom is 0.270 e. The number of nitrogens with zero attached hydrogens (tertiary/aromatic N) is 1. The number of hydrogen-bond donors (Lipinski definition) is 1. The van der Waals surface area contributed by atoms with E-state index in [0.29, 0.717) is 11.8 Å². The molecule has 0 atom stereocenters. The van der Waals surface area contributed by atoms with Crippen LogP contribution in [0.2, 0.25) is 0 Å². The minimum Gasteiger partial charge on any atom is -0.507 e. The molecule has 1 N–H and O–H groups in total. The van der Waals surface area contributed by atoms with Gasteiger partial charge in [0.15, 0.2) is 0 Å². The van der Waals surface area contributed by atoms with Crippen LogP contribution in [-0.2, 0) is 4.79 Å². The SMILES string of the molecule is O=CCC=Cc1cc([N+](=O)[O-])ccc1O. The van der Waals surface area contributed by atoms with Crippen molar-refractivity contribution in [2.45, 2.75) is 6.42 Å². The second kappa shape index (κ2) is 4.90. The predicted molar refractivity (Wildman–Crippen MR) is 54.5 cm³/mol. The zero-order valence-electron chi connectivity index (χ0n) is 7.79. The molecule has 0 saturated carbocycles. The lowest BCUT2D eigenvalue weighted by atomic mass is 10.1. The number of nitro groups is 1. The van der Waals surface area contributed by atoms with Gasteiger partial charge in [-0.15, -0.1) is 0 Å². The van der Waals surface area contributed by atoms with Crippen LogP contribution in [0.3, 0.4) is 0 Å². The maximum atomic E-state index is 10.4. The number of aldehydes is 1. The van der Waals surface area contributed by atoms with Crippen LogP contribution in [0.15, 0.2) is 24.3 Å². The number of aromatic hydroxyl groups is 1. The molecular formula is C10H9NO4. The molecular weight excluding hydrogens is 198 g/mol. The number of rotatable bonds is 4. The van der Waals surface area contributed by atoms with Crippen LogP contribution in [0, 0.1) is 10.1 Å². The van der Waals surface area contributed by atoms with Gasteiger partial charge in [-0.1, -0.05) is 12.2 Å². The van der Waals surface area contributed by atoms with Crippen LogP contribution < -0.4 is 0 Å². The zero-order valence-corrected chi connectivity index (χ0v) is 7.79. The first-order valence-electron chi connectivity index (χ1n) is 4.22. The molecule has 0 aliphatic heterocycles. The molecule has 0 heterocycles. The van der Waals surface area contributed by atoms with Crippen molar-refractivity contribution in [1.82, 2.24) is 0 Å². The van der Waals surface area contributed by atoms with Gasteiger partial charge in [0.1, 0.15) is 12.0 Å². The fourth-order valence-electron chi connectivity index (χ4n) is 1.04. The van der Waals surface area contributed by atoms with Crippen LogP contribution in [0.5, 0.6) is 5.75 Å². The Morgan fingerprint density at radius 2 is 2.20 bits per heavy atom. The molecule has 0 spiro atoms. The van der Waals surface area contributed by atoms with Crippen molar-refractivity contribution >= 4 is 18.0 Å². The highest BCUT2D eigenvalue weighted by Gasteiger charge is 2.07. The number of nitro benzene ring substituents is 1. The summed E-state index contributed by atoms with van der Waals surface area (Å²) in [5.74, 6) is -0.0530. The summed E-state index contributed by atoms with van der Waals surface area (Å²) in [4.78, 5) is 19.9. The Morgan fingerprint density at radius 1 is 1.47 bits per heavy atom. The molecule has 5 heteroatoms. The summed E-state index contributed by atoms with van der Waals surface area (Å²) in [5, 5.41) is 19.8. The van der Waals surface area contributed by atoms with Crippen LogP contribution in [0.4, 0.5) is 5.69 Å². The van der Waals surface area contributed by atoms with E-state index in [0.717, 1.165) is 0 Å². The van der Waals surface area contributed by atoms with Gasteiger partial charge in [0.05, 0.1) is 4.92 Å². The van der Waals surface area contributed by atoms with Crippen LogP contribution in [0.25, 0.3) is 6.08 Å². The Kier molecular flexibility index (Phi) is 3.56. The molecule has 0 unspecified atom stereocenters. The highest BCUT2D eigenvalue weighted by atomic mass is 16.6. The van der Waals surface area contributed by atoms with Gasteiger partial charge in [0, 0.05) is 24.1 Å². The lowest BCUT2D eigenvalue weighted by Gasteiger charge is -1.98. The molecule has 0 aliphatic carbocycles. The number of hydrogen-bond acceptors (Lipinski definition) is 4. The Labute approximate surface area is 85.8 Å². The lowest BCUT2D eigenvalue weighted by Crippen LogP contribution is -1.88. The van der Waals surface area contributed by atoms with Crippen molar-refractivity contribution in [3.8, 4) is 5.75 Å². The second-order valence-electron chi connectivity index (χ2n) is 2.80. The van der Waals surface area contributed by atoms with E-state index in [9.17, 15) is 20.0 Å². The molecule has 0 aliphatic rings. The molecule has 0 fully saturated rings. The van der Waals surface area contributed by atoms with E-state index in [1.807, 2.05) is 0 Å². The number of carbonyl (C=O) groups excluding carboxylic acids is 1. The summed E-state index contributed by atoms with van der Waals surface area (Å²) in [6.45, 7) is 0. The van der Waals surface area contributed by atoms with E-state index in [2.05, 4.69) is 0 Å². The number of carbonyl (C=O) groups is 1. The van der Waals surface area contributed by atoms with Gasteiger partial charge in [-0.3, -0.25) is 10.1 Å². The fourth-order valence-corrected chi connectivity index (χ4v) is 1.04. The average Bonchev–Trinajstić information content (AvgIpc) is 2.20. The average molecular weight is 207 g/mol. The largest absolute Gasteiger partial charge is 0.507 e. The van der Waals surface area contributed by atoms with Crippen molar-refractivity contribution < 1.29 is 14.8 Å². The molecule has 0 aromatic heterocycles. The minimum absolute atomic E-state index is 0.0530. The van der Waals surface area contributed by atoms with Crippen molar-refractivity contribution in [3.63, 3.8) is 0 Å². The summed E-state index contributed by atoms with van der Waals surface area (Å²) in [5.41, 5.74) is 0.226. The molecule has 0 radical (unpaired) electrons. The quantitative estimate of drug-likeness (QED) is 0.464. The Bertz CT molecular complexity index is 412. The Hall–Kier alpha value is -2.17. The molecule has 0 amide bonds. The van der Waals surface area contributed by atoms with Crippen LogP contribution in [0.1, 0.15) is 12.0 Å². The first-order chi connectivity index (χ1) is 7.15. The smallest absolute Gasteiger partial charge is 0.270 e. The Balaban J connectivity index is 3.00. The molecule has 78 valence electrons. The molecule has 15 heavy (non-hydrogen) atoms. The summed E-state index contributed by atoms with van der Waals surface area (Å²) in [6, 6.07) is 3.71. The monoisotopic (exact) mass is 207 g/mol. The van der Waals surface area contributed by atoms with Crippen molar-refractivity contribution in [1.29, 1.82) is 0 Å². The van der Waals surface area contributed by atoms with Gasteiger partial charge in [-0.25, -0.2) is 0 Å².